The zero-order chi connectivity index (χ0) is 14.5. The number of carboxylic acid groups (broad SMARTS) is 1. The van der Waals surface area contributed by atoms with E-state index in [0.717, 1.165) is 22.3 Å². The van der Waals surface area contributed by atoms with Crippen molar-refractivity contribution in [2.75, 3.05) is 6.61 Å². The van der Waals surface area contributed by atoms with Crippen LogP contribution in [0.5, 0.6) is 5.75 Å². The Bertz CT molecular complexity index is 623. The topological polar surface area (TPSA) is 59.4 Å². The number of nitrogens with zero attached hydrogens (tertiary/aromatic N) is 1. The monoisotopic (exact) mass is 271 g/mol. The maximum Gasteiger partial charge on any atom is 0.306 e. The number of rotatable bonds is 5. The predicted molar refractivity (Wildman–Crippen MR) is 76.9 cm³/mol. The second-order valence-electron chi connectivity index (χ2n) is 4.74. The number of hydrogen-bond donors (Lipinski definition) is 1. The molecule has 1 aromatic carbocycles. The highest BCUT2D eigenvalue weighted by Crippen LogP contribution is 2.31. The first-order chi connectivity index (χ1) is 9.56. The molecule has 20 heavy (non-hydrogen) atoms. The van der Waals surface area contributed by atoms with Crippen LogP contribution in [0.1, 0.15) is 17.5 Å². The molecule has 1 heterocycles. The van der Waals surface area contributed by atoms with E-state index in [9.17, 15) is 4.79 Å². The predicted octanol–water partition coefficient (Wildman–Crippen LogP) is 3.22. The van der Waals surface area contributed by atoms with Crippen molar-refractivity contribution in [3.8, 4) is 16.9 Å². The summed E-state index contributed by atoms with van der Waals surface area (Å²) < 4.78 is 5.59. The summed E-state index contributed by atoms with van der Waals surface area (Å²) in [6, 6.07) is 7.87. The van der Waals surface area contributed by atoms with Gasteiger partial charge in [0.15, 0.2) is 0 Å². The maximum absolute atomic E-state index is 10.6. The number of pyridine rings is 1. The highest BCUT2D eigenvalue weighted by molar-refractivity contribution is 5.71. The quantitative estimate of drug-likeness (QED) is 0.907. The summed E-state index contributed by atoms with van der Waals surface area (Å²) in [5, 5.41) is 8.67. The Morgan fingerprint density at radius 3 is 2.70 bits per heavy atom. The van der Waals surface area contributed by atoms with Gasteiger partial charge in [0.1, 0.15) is 5.75 Å². The van der Waals surface area contributed by atoms with Crippen molar-refractivity contribution in [2.24, 2.45) is 0 Å². The Labute approximate surface area is 118 Å². The van der Waals surface area contributed by atoms with Crippen LogP contribution in [0.2, 0.25) is 0 Å². The highest BCUT2D eigenvalue weighted by Gasteiger charge is 2.08. The first-order valence-electron chi connectivity index (χ1n) is 6.43. The van der Waals surface area contributed by atoms with Gasteiger partial charge in [-0.25, -0.2) is 0 Å². The van der Waals surface area contributed by atoms with Crippen molar-refractivity contribution in [1.29, 1.82) is 0 Å². The van der Waals surface area contributed by atoms with Gasteiger partial charge in [0.25, 0.3) is 0 Å². The van der Waals surface area contributed by atoms with E-state index in [2.05, 4.69) is 4.98 Å². The third kappa shape index (κ3) is 3.57. The van der Waals surface area contributed by atoms with E-state index in [0.29, 0.717) is 5.75 Å². The minimum Gasteiger partial charge on any atom is -0.492 e. The van der Waals surface area contributed by atoms with Crippen LogP contribution in [0.25, 0.3) is 11.1 Å². The van der Waals surface area contributed by atoms with Gasteiger partial charge in [-0.05, 0) is 37.6 Å². The molecule has 0 atom stereocenters. The number of ether oxygens (including phenoxy) is 1. The number of aryl methyl sites for hydroxylation is 2. The van der Waals surface area contributed by atoms with E-state index in [-0.39, 0.29) is 13.0 Å². The summed E-state index contributed by atoms with van der Waals surface area (Å²) >= 11 is 0. The van der Waals surface area contributed by atoms with Crippen LogP contribution in [0.4, 0.5) is 0 Å². The van der Waals surface area contributed by atoms with Gasteiger partial charge in [-0.3, -0.25) is 9.78 Å². The van der Waals surface area contributed by atoms with E-state index in [1.54, 1.807) is 12.4 Å². The molecule has 0 unspecified atom stereocenters. The normalized spacial score (nSPS) is 10.3. The number of hydrogen-bond acceptors (Lipinski definition) is 3. The number of aromatic nitrogens is 1. The molecule has 0 aliphatic carbocycles. The van der Waals surface area contributed by atoms with Crippen molar-refractivity contribution in [3.05, 3.63) is 47.8 Å². The third-order valence-corrected chi connectivity index (χ3v) is 2.89. The third-order valence-electron chi connectivity index (χ3n) is 2.89. The molecular formula is C16H17NO3. The SMILES string of the molecule is Cc1cncc(-c2cc(C)ccc2OCCC(=O)O)c1. The van der Waals surface area contributed by atoms with E-state index < -0.39 is 5.97 Å². The number of benzene rings is 1. The van der Waals surface area contributed by atoms with Crippen molar-refractivity contribution < 1.29 is 14.6 Å². The number of carbonyl (C=O) groups is 1. The van der Waals surface area contributed by atoms with Gasteiger partial charge in [-0.1, -0.05) is 11.6 Å². The smallest absolute Gasteiger partial charge is 0.306 e. The van der Waals surface area contributed by atoms with Crippen LogP contribution in [0.15, 0.2) is 36.7 Å². The van der Waals surface area contributed by atoms with Gasteiger partial charge in [0, 0.05) is 23.5 Å². The van der Waals surface area contributed by atoms with Gasteiger partial charge in [-0.2, -0.15) is 0 Å². The fraction of sp³-hybridized carbons (Fsp3) is 0.250. The van der Waals surface area contributed by atoms with Crippen molar-refractivity contribution in [1.82, 2.24) is 4.98 Å². The van der Waals surface area contributed by atoms with Crippen molar-refractivity contribution >= 4 is 5.97 Å². The average molecular weight is 271 g/mol. The zero-order valence-corrected chi connectivity index (χ0v) is 11.6. The fourth-order valence-corrected chi connectivity index (χ4v) is 1.95. The first kappa shape index (κ1) is 14.1. The number of carboxylic acids is 1. The van der Waals surface area contributed by atoms with Gasteiger partial charge >= 0.3 is 5.97 Å². The molecule has 0 saturated carbocycles. The molecule has 0 bridgehead atoms. The van der Waals surface area contributed by atoms with Crippen LogP contribution in [0.3, 0.4) is 0 Å². The van der Waals surface area contributed by atoms with E-state index >= 15 is 0 Å². The van der Waals surface area contributed by atoms with Gasteiger partial charge in [0.2, 0.25) is 0 Å². The summed E-state index contributed by atoms with van der Waals surface area (Å²) in [7, 11) is 0. The molecular weight excluding hydrogens is 254 g/mol. The molecule has 0 amide bonds. The molecule has 0 spiro atoms. The summed E-state index contributed by atoms with van der Waals surface area (Å²) in [6.45, 7) is 4.15. The van der Waals surface area contributed by atoms with Crippen molar-refractivity contribution in [2.45, 2.75) is 20.3 Å². The molecule has 0 saturated heterocycles. The Morgan fingerprint density at radius 1 is 1.20 bits per heavy atom. The molecule has 0 radical (unpaired) electrons. The molecule has 2 aromatic rings. The molecule has 1 aromatic heterocycles. The molecule has 1 N–H and O–H groups in total. The van der Waals surface area contributed by atoms with Gasteiger partial charge in [-0.15, -0.1) is 0 Å². The molecule has 104 valence electrons. The van der Waals surface area contributed by atoms with Gasteiger partial charge in [0.05, 0.1) is 13.0 Å². The molecule has 0 aliphatic heterocycles. The van der Waals surface area contributed by atoms with E-state index in [1.165, 1.54) is 0 Å². The molecule has 4 heteroatoms. The van der Waals surface area contributed by atoms with Crippen LogP contribution < -0.4 is 4.74 Å². The highest BCUT2D eigenvalue weighted by atomic mass is 16.5. The van der Waals surface area contributed by atoms with Crippen molar-refractivity contribution in [3.63, 3.8) is 0 Å². The largest absolute Gasteiger partial charge is 0.492 e. The summed E-state index contributed by atoms with van der Waals surface area (Å²) in [5.41, 5.74) is 4.10. The van der Waals surface area contributed by atoms with E-state index in [1.807, 2.05) is 38.1 Å². The van der Waals surface area contributed by atoms with Crippen LogP contribution in [-0.2, 0) is 4.79 Å². The molecule has 0 fully saturated rings. The minimum absolute atomic E-state index is 0.0145. The Kier molecular flexibility index (Phi) is 4.35. The Balaban J connectivity index is 2.30. The average Bonchev–Trinajstić information content (AvgIpc) is 2.40. The van der Waals surface area contributed by atoms with Crippen LogP contribution in [0, 0.1) is 13.8 Å². The second kappa shape index (κ2) is 6.19. The first-order valence-corrected chi connectivity index (χ1v) is 6.43. The lowest BCUT2D eigenvalue weighted by molar-refractivity contribution is -0.137. The molecule has 0 aliphatic rings. The lowest BCUT2D eigenvalue weighted by Gasteiger charge is -2.12. The lowest BCUT2D eigenvalue weighted by Crippen LogP contribution is -2.05. The summed E-state index contributed by atoms with van der Waals surface area (Å²) in [6.07, 6.45) is 3.56. The fourth-order valence-electron chi connectivity index (χ4n) is 1.95. The van der Waals surface area contributed by atoms with Crippen LogP contribution in [-0.4, -0.2) is 22.7 Å². The number of aliphatic carboxylic acids is 1. The standard InChI is InChI=1S/C16H17NO3/c1-11-3-4-15(20-6-5-16(18)19)14(8-11)13-7-12(2)9-17-10-13/h3-4,7-10H,5-6H2,1-2H3,(H,18,19). The second-order valence-corrected chi connectivity index (χ2v) is 4.74. The van der Waals surface area contributed by atoms with Gasteiger partial charge < -0.3 is 9.84 Å². The van der Waals surface area contributed by atoms with E-state index in [4.69, 9.17) is 9.84 Å². The molecule has 2 rings (SSSR count). The Hall–Kier alpha value is -2.36. The summed E-state index contributed by atoms with van der Waals surface area (Å²) in [4.78, 5) is 14.7. The maximum atomic E-state index is 10.6. The summed E-state index contributed by atoms with van der Waals surface area (Å²) in [5.74, 6) is -0.180. The zero-order valence-electron chi connectivity index (χ0n) is 11.6. The van der Waals surface area contributed by atoms with Crippen LogP contribution >= 0.6 is 0 Å². The lowest BCUT2D eigenvalue weighted by atomic mass is 10.0. The molecule has 4 nitrogen and oxygen atoms in total. The Morgan fingerprint density at radius 2 is 2.00 bits per heavy atom. The minimum atomic E-state index is -0.865.